The van der Waals surface area contributed by atoms with Crippen molar-refractivity contribution in [3.05, 3.63) is 11.6 Å². The number of nitrogens with zero attached hydrogens (tertiary/aromatic N) is 1. The Labute approximate surface area is 87.9 Å². The molecule has 1 aliphatic heterocycles. The Hall–Kier alpha value is -0.550. The second kappa shape index (κ2) is 4.14. The lowest BCUT2D eigenvalue weighted by Crippen LogP contribution is -2.51. The molecule has 0 bridgehead atoms. The van der Waals surface area contributed by atoms with Crippen LogP contribution in [0.15, 0.2) is 11.6 Å². The van der Waals surface area contributed by atoms with Gasteiger partial charge >= 0.3 is 6.18 Å². The second-order valence-corrected chi connectivity index (χ2v) is 4.44. The summed E-state index contributed by atoms with van der Waals surface area (Å²) in [4.78, 5) is 1.97. The highest BCUT2D eigenvalue weighted by Crippen LogP contribution is 2.31. The molecule has 88 valence electrons. The van der Waals surface area contributed by atoms with E-state index in [2.05, 4.69) is 0 Å². The fourth-order valence-corrected chi connectivity index (χ4v) is 1.61. The largest absolute Gasteiger partial charge is 0.412 e. The quantitative estimate of drug-likeness (QED) is 0.723. The molecule has 0 aromatic heterocycles. The molecule has 0 radical (unpaired) electrons. The van der Waals surface area contributed by atoms with E-state index in [9.17, 15) is 13.2 Å². The van der Waals surface area contributed by atoms with Gasteiger partial charge in [-0.25, -0.2) is 0 Å². The Kier molecular flexibility index (Phi) is 3.45. The zero-order valence-corrected chi connectivity index (χ0v) is 9.06. The predicted octanol–water partition coefficient (Wildman–Crippen LogP) is 1.92. The molecule has 0 spiro atoms. The number of nitrogens with two attached hydrogens (primary N) is 1. The summed E-state index contributed by atoms with van der Waals surface area (Å²) in [5.41, 5.74) is 4.93. The molecule has 5 heteroatoms. The van der Waals surface area contributed by atoms with Gasteiger partial charge in [-0.1, -0.05) is 6.08 Å². The molecule has 2 N–H and O–H groups in total. The average Bonchev–Trinajstić information content (AvgIpc) is 2.17. The number of hydrogen-bond acceptors (Lipinski definition) is 2. The van der Waals surface area contributed by atoms with Crippen molar-refractivity contribution >= 4 is 0 Å². The fourth-order valence-electron chi connectivity index (χ4n) is 1.61. The molecule has 0 saturated carbocycles. The van der Waals surface area contributed by atoms with Crippen molar-refractivity contribution in [3.8, 4) is 0 Å². The Bertz CT molecular complexity index is 256. The van der Waals surface area contributed by atoms with Gasteiger partial charge in [0, 0.05) is 30.7 Å². The molecule has 1 aliphatic rings. The average molecular weight is 222 g/mol. The van der Waals surface area contributed by atoms with Crippen molar-refractivity contribution in [2.45, 2.75) is 32.0 Å². The molecular formula is C10H17F3N2. The van der Waals surface area contributed by atoms with E-state index in [1.165, 1.54) is 6.08 Å². The van der Waals surface area contributed by atoms with Gasteiger partial charge in [-0.2, -0.15) is 13.2 Å². The van der Waals surface area contributed by atoms with Crippen LogP contribution in [0.5, 0.6) is 0 Å². The molecule has 1 heterocycles. The van der Waals surface area contributed by atoms with Gasteiger partial charge in [-0.15, -0.1) is 0 Å². The third kappa shape index (κ3) is 2.95. The first kappa shape index (κ1) is 12.5. The summed E-state index contributed by atoms with van der Waals surface area (Å²) in [6.45, 7) is 5.09. The summed E-state index contributed by atoms with van der Waals surface area (Å²) in [5, 5.41) is 0. The van der Waals surface area contributed by atoms with E-state index in [0.29, 0.717) is 19.6 Å². The maximum Gasteiger partial charge on any atom is 0.412 e. The molecule has 0 atom stereocenters. The molecule has 0 fully saturated rings. The SMILES string of the molecule is CC(C)(CN)N1CC=C(C(F)(F)F)CC1. The molecule has 0 aliphatic carbocycles. The number of hydrogen-bond donors (Lipinski definition) is 1. The normalized spacial score (nSPS) is 20.3. The zero-order valence-electron chi connectivity index (χ0n) is 9.06. The van der Waals surface area contributed by atoms with Crippen molar-refractivity contribution in [2.24, 2.45) is 5.73 Å². The summed E-state index contributed by atoms with van der Waals surface area (Å²) in [5.74, 6) is 0. The first-order valence-corrected chi connectivity index (χ1v) is 4.99. The summed E-state index contributed by atoms with van der Waals surface area (Å²) in [6, 6.07) is 0. The van der Waals surface area contributed by atoms with Crippen LogP contribution < -0.4 is 5.73 Å². The van der Waals surface area contributed by atoms with Crippen molar-refractivity contribution in [3.63, 3.8) is 0 Å². The van der Waals surface area contributed by atoms with Gasteiger partial charge in [0.2, 0.25) is 0 Å². The molecule has 0 saturated heterocycles. The highest BCUT2D eigenvalue weighted by Gasteiger charge is 2.36. The minimum absolute atomic E-state index is 0.0624. The van der Waals surface area contributed by atoms with E-state index in [4.69, 9.17) is 5.73 Å². The molecule has 2 nitrogen and oxygen atoms in total. The fraction of sp³-hybridized carbons (Fsp3) is 0.800. The van der Waals surface area contributed by atoms with E-state index >= 15 is 0 Å². The molecule has 15 heavy (non-hydrogen) atoms. The van der Waals surface area contributed by atoms with Crippen molar-refractivity contribution in [1.29, 1.82) is 0 Å². The second-order valence-electron chi connectivity index (χ2n) is 4.44. The Morgan fingerprint density at radius 2 is 2.00 bits per heavy atom. The van der Waals surface area contributed by atoms with Crippen LogP contribution in [0.2, 0.25) is 0 Å². The van der Waals surface area contributed by atoms with Crippen LogP contribution in [0.3, 0.4) is 0 Å². The van der Waals surface area contributed by atoms with E-state index in [1.807, 2.05) is 18.7 Å². The third-order valence-electron chi connectivity index (χ3n) is 2.93. The van der Waals surface area contributed by atoms with Crippen LogP contribution in [0.1, 0.15) is 20.3 Å². The lowest BCUT2D eigenvalue weighted by molar-refractivity contribution is -0.0969. The first-order valence-electron chi connectivity index (χ1n) is 4.99. The number of halogens is 3. The zero-order chi connectivity index (χ0) is 11.7. The van der Waals surface area contributed by atoms with Crippen molar-refractivity contribution < 1.29 is 13.2 Å². The maximum absolute atomic E-state index is 12.3. The molecule has 0 unspecified atom stereocenters. The third-order valence-corrected chi connectivity index (χ3v) is 2.93. The van der Waals surface area contributed by atoms with Gasteiger partial charge in [0.25, 0.3) is 0 Å². The minimum Gasteiger partial charge on any atom is -0.329 e. The van der Waals surface area contributed by atoms with Crippen LogP contribution in [-0.2, 0) is 0 Å². The van der Waals surface area contributed by atoms with Crippen LogP contribution in [0.25, 0.3) is 0 Å². The topological polar surface area (TPSA) is 29.3 Å². The molecule has 0 aromatic rings. The Balaban J connectivity index is 2.66. The molecule has 0 amide bonds. The standard InChI is InChI=1S/C10H17F3N2/c1-9(2,7-14)15-5-3-8(4-6-15)10(11,12)13/h3H,4-7,14H2,1-2H3. The van der Waals surface area contributed by atoms with Crippen LogP contribution in [0, 0.1) is 0 Å². The molecule has 0 aromatic carbocycles. The maximum atomic E-state index is 12.3. The lowest BCUT2D eigenvalue weighted by Gasteiger charge is -2.39. The highest BCUT2D eigenvalue weighted by molar-refractivity contribution is 5.14. The van der Waals surface area contributed by atoms with Gasteiger partial charge in [0.05, 0.1) is 0 Å². The Morgan fingerprint density at radius 3 is 2.33 bits per heavy atom. The van der Waals surface area contributed by atoms with Gasteiger partial charge in [-0.3, -0.25) is 4.90 Å². The smallest absolute Gasteiger partial charge is 0.329 e. The van der Waals surface area contributed by atoms with Crippen LogP contribution in [0.4, 0.5) is 13.2 Å². The number of alkyl halides is 3. The van der Waals surface area contributed by atoms with Gasteiger partial charge in [0.15, 0.2) is 0 Å². The van der Waals surface area contributed by atoms with Crippen molar-refractivity contribution in [2.75, 3.05) is 19.6 Å². The van der Waals surface area contributed by atoms with Crippen LogP contribution in [-0.4, -0.2) is 36.2 Å². The first-order chi connectivity index (χ1) is 6.77. The van der Waals surface area contributed by atoms with E-state index in [0.717, 1.165) is 0 Å². The summed E-state index contributed by atoms with van der Waals surface area (Å²) in [6.07, 6.45) is -2.84. The Morgan fingerprint density at radius 1 is 1.40 bits per heavy atom. The van der Waals surface area contributed by atoms with Crippen LogP contribution >= 0.6 is 0 Å². The summed E-state index contributed by atoms with van der Waals surface area (Å²) in [7, 11) is 0. The van der Waals surface area contributed by atoms with E-state index in [-0.39, 0.29) is 12.0 Å². The van der Waals surface area contributed by atoms with Crippen molar-refractivity contribution in [1.82, 2.24) is 4.90 Å². The predicted molar refractivity (Wildman–Crippen MR) is 53.5 cm³/mol. The van der Waals surface area contributed by atoms with Gasteiger partial charge in [0.1, 0.15) is 0 Å². The monoisotopic (exact) mass is 222 g/mol. The summed E-state index contributed by atoms with van der Waals surface area (Å²) >= 11 is 0. The molecule has 1 rings (SSSR count). The van der Waals surface area contributed by atoms with E-state index in [1.54, 1.807) is 0 Å². The highest BCUT2D eigenvalue weighted by atomic mass is 19.4. The van der Waals surface area contributed by atoms with E-state index < -0.39 is 11.7 Å². The summed E-state index contributed by atoms with van der Waals surface area (Å²) < 4.78 is 37.0. The molecular weight excluding hydrogens is 205 g/mol. The van der Waals surface area contributed by atoms with Gasteiger partial charge in [-0.05, 0) is 20.3 Å². The van der Waals surface area contributed by atoms with Gasteiger partial charge < -0.3 is 5.73 Å². The lowest BCUT2D eigenvalue weighted by atomic mass is 9.98. The number of rotatable bonds is 2. The minimum atomic E-state index is -4.17.